The summed E-state index contributed by atoms with van der Waals surface area (Å²) < 4.78 is 14.9. The number of rotatable bonds is 4. The van der Waals surface area contributed by atoms with Gasteiger partial charge in [0.25, 0.3) is 5.56 Å². The van der Waals surface area contributed by atoms with E-state index in [-0.39, 0.29) is 47.3 Å². The van der Waals surface area contributed by atoms with Crippen LogP contribution in [0.15, 0.2) is 71.5 Å². The average Bonchev–Trinajstić information content (AvgIpc) is 2.83. The lowest BCUT2D eigenvalue weighted by molar-refractivity contribution is -0.115. The van der Waals surface area contributed by atoms with Gasteiger partial charge in [0.15, 0.2) is 0 Å². The van der Waals surface area contributed by atoms with Crippen LogP contribution in [-0.2, 0) is 17.8 Å². The van der Waals surface area contributed by atoms with E-state index in [1.54, 1.807) is 15.5 Å². The van der Waals surface area contributed by atoms with Crippen molar-refractivity contribution in [3.8, 4) is 0 Å². The molecule has 2 N–H and O–H groups in total. The predicted molar refractivity (Wildman–Crippen MR) is 127 cm³/mol. The van der Waals surface area contributed by atoms with Gasteiger partial charge in [0.1, 0.15) is 11.5 Å². The highest BCUT2D eigenvalue weighted by Gasteiger charge is 2.36. The van der Waals surface area contributed by atoms with Crippen LogP contribution in [0.1, 0.15) is 23.6 Å². The SMILES string of the molecule is O=C(Cc1ccccc1)Nc1ccc2n(c1=O)CC1CC2CN(C(=O)Nc2ccc(F)cc2)C1. The van der Waals surface area contributed by atoms with Gasteiger partial charge in [0, 0.05) is 36.9 Å². The Morgan fingerprint density at radius 2 is 1.68 bits per heavy atom. The average molecular weight is 461 g/mol. The van der Waals surface area contributed by atoms with Crippen LogP contribution in [0, 0.1) is 11.7 Å². The van der Waals surface area contributed by atoms with Crippen LogP contribution in [0.3, 0.4) is 0 Å². The summed E-state index contributed by atoms with van der Waals surface area (Å²) in [6.07, 6.45) is 1.10. The Hall–Kier alpha value is -3.94. The Morgan fingerprint density at radius 1 is 0.912 bits per heavy atom. The number of hydrogen-bond acceptors (Lipinski definition) is 3. The number of nitrogens with one attached hydrogen (secondary N) is 2. The third-order valence-corrected chi connectivity index (χ3v) is 6.47. The molecule has 2 aliphatic heterocycles. The molecule has 0 radical (unpaired) electrons. The first-order chi connectivity index (χ1) is 16.5. The first kappa shape index (κ1) is 21.9. The number of amides is 3. The highest BCUT2D eigenvalue weighted by atomic mass is 19.1. The standard InChI is InChI=1S/C26H25FN4O3/c27-20-6-8-21(9-7-20)28-26(34)30-14-18-12-19(16-30)23-11-10-22(25(33)31(23)15-18)29-24(32)13-17-4-2-1-3-5-17/h1-11,18-19H,12-16H2,(H,28,34)(H,29,32). The number of halogens is 1. The number of nitrogens with zero attached hydrogens (tertiary/aromatic N) is 2. The molecule has 2 atom stereocenters. The second kappa shape index (κ2) is 9.13. The van der Waals surface area contributed by atoms with Crippen molar-refractivity contribution >= 4 is 23.3 Å². The summed E-state index contributed by atoms with van der Waals surface area (Å²) in [6.45, 7) is 1.51. The number of benzene rings is 2. The number of aromatic nitrogens is 1. The number of carbonyl (C=O) groups is 2. The summed E-state index contributed by atoms with van der Waals surface area (Å²) in [6, 6.07) is 18.4. The van der Waals surface area contributed by atoms with Crippen molar-refractivity contribution in [2.24, 2.45) is 5.92 Å². The van der Waals surface area contributed by atoms with Gasteiger partial charge < -0.3 is 20.1 Å². The summed E-state index contributed by atoms with van der Waals surface area (Å²) in [5.74, 6) is -0.418. The zero-order valence-electron chi connectivity index (χ0n) is 18.5. The second-order valence-electron chi connectivity index (χ2n) is 8.94. The van der Waals surface area contributed by atoms with E-state index in [4.69, 9.17) is 0 Å². The van der Waals surface area contributed by atoms with Gasteiger partial charge in [-0.05, 0) is 54.3 Å². The minimum atomic E-state index is -0.358. The van der Waals surface area contributed by atoms with E-state index in [1.165, 1.54) is 24.3 Å². The Bertz CT molecular complexity index is 1270. The van der Waals surface area contributed by atoms with Crippen LogP contribution in [0.5, 0.6) is 0 Å². The molecule has 8 heteroatoms. The molecule has 0 spiro atoms. The summed E-state index contributed by atoms with van der Waals surface area (Å²) in [7, 11) is 0. The van der Waals surface area contributed by atoms with E-state index < -0.39 is 0 Å². The van der Waals surface area contributed by atoms with Crippen LogP contribution < -0.4 is 16.2 Å². The molecular weight excluding hydrogens is 435 g/mol. The lowest BCUT2D eigenvalue weighted by atomic mass is 9.83. The van der Waals surface area contributed by atoms with Crippen molar-refractivity contribution in [1.29, 1.82) is 0 Å². The van der Waals surface area contributed by atoms with Gasteiger partial charge in [-0.15, -0.1) is 0 Å². The molecule has 174 valence electrons. The summed E-state index contributed by atoms with van der Waals surface area (Å²) in [4.78, 5) is 40.1. The normalized spacial score (nSPS) is 18.7. The molecule has 1 saturated heterocycles. The van der Waals surface area contributed by atoms with E-state index in [0.717, 1.165) is 17.7 Å². The van der Waals surface area contributed by atoms with Gasteiger partial charge in [0.2, 0.25) is 5.91 Å². The maximum atomic E-state index is 13.1. The minimum absolute atomic E-state index is 0.0354. The zero-order valence-corrected chi connectivity index (χ0v) is 18.5. The van der Waals surface area contributed by atoms with Gasteiger partial charge in [-0.1, -0.05) is 30.3 Å². The van der Waals surface area contributed by atoms with Crippen molar-refractivity contribution in [3.63, 3.8) is 0 Å². The molecule has 1 aromatic heterocycles. The Balaban J connectivity index is 1.29. The van der Waals surface area contributed by atoms with Gasteiger partial charge in [-0.3, -0.25) is 9.59 Å². The number of urea groups is 1. The van der Waals surface area contributed by atoms with E-state index in [2.05, 4.69) is 10.6 Å². The molecule has 7 nitrogen and oxygen atoms in total. The predicted octanol–water partition coefficient (Wildman–Crippen LogP) is 3.82. The van der Waals surface area contributed by atoms with Gasteiger partial charge in [0.05, 0.1) is 6.42 Å². The summed E-state index contributed by atoms with van der Waals surface area (Å²) in [5.41, 5.74) is 2.36. The number of hydrogen-bond donors (Lipinski definition) is 2. The van der Waals surface area contributed by atoms with Crippen LogP contribution in [-0.4, -0.2) is 34.5 Å². The minimum Gasteiger partial charge on any atom is -0.324 e. The molecule has 2 aliphatic rings. The van der Waals surface area contributed by atoms with Crippen molar-refractivity contribution in [3.05, 3.63) is 94.2 Å². The fourth-order valence-electron chi connectivity index (χ4n) is 4.92. The number of likely N-dealkylation sites (tertiary alicyclic amines) is 1. The molecule has 34 heavy (non-hydrogen) atoms. The fourth-order valence-corrected chi connectivity index (χ4v) is 4.92. The van der Waals surface area contributed by atoms with Crippen molar-refractivity contribution in [1.82, 2.24) is 9.47 Å². The molecule has 5 rings (SSSR count). The van der Waals surface area contributed by atoms with Gasteiger partial charge in [-0.25, -0.2) is 9.18 Å². The maximum Gasteiger partial charge on any atom is 0.321 e. The highest BCUT2D eigenvalue weighted by Crippen LogP contribution is 2.35. The summed E-state index contributed by atoms with van der Waals surface area (Å²) >= 11 is 0. The van der Waals surface area contributed by atoms with E-state index in [9.17, 15) is 18.8 Å². The first-order valence-corrected chi connectivity index (χ1v) is 11.4. The number of carbonyl (C=O) groups excluding carboxylic acids is 2. The van der Waals surface area contributed by atoms with Crippen molar-refractivity contribution in [2.45, 2.75) is 25.3 Å². The Labute approximate surface area is 196 Å². The first-order valence-electron chi connectivity index (χ1n) is 11.4. The molecule has 2 aromatic carbocycles. The van der Waals surface area contributed by atoms with E-state index >= 15 is 0 Å². The van der Waals surface area contributed by atoms with E-state index in [1.807, 2.05) is 36.4 Å². The van der Waals surface area contributed by atoms with Crippen LogP contribution in [0.2, 0.25) is 0 Å². The molecule has 2 bridgehead atoms. The zero-order chi connectivity index (χ0) is 23.7. The van der Waals surface area contributed by atoms with Crippen LogP contribution >= 0.6 is 0 Å². The topological polar surface area (TPSA) is 83.4 Å². The Kier molecular flexibility index (Phi) is 5.88. The molecule has 1 fully saturated rings. The maximum absolute atomic E-state index is 13.1. The van der Waals surface area contributed by atoms with Crippen LogP contribution in [0.4, 0.5) is 20.6 Å². The highest BCUT2D eigenvalue weighted by molar-refractivity contribution is 5.92. The quantitative estimate of drug-likeness (QED) is 0.621. The number of anilines is 2. The fraction of sp³-hybridized carbons (Fsp3) is 0.269. The third kappa shape index (κ3) is 4.57. The molecule has 0 aliphatic carbocycles. The van der Waals surface area contributed by atoms with Crippen LogP contribution in [0.25, 0.3) is 0 Å². The van der Waals surface area contributed by atoms with Gasteiger partial charge in [-0.2, -0.15) is 0 Å². The monoisotopic (exact) mass is 460 g/mol. The number of fused-ring (bicyclic) bond motifs is 4. The Morgan fingerprint density at radius 3 is 2.44 bits per heavy atom. The molecule has 3 amide bonds. The lowest BCUT2D eigenvalue weighted by Crippen LogP contribution is -2.50. The van der Waals surface area contributed by atoms with Crippen molar-refractivity contribution < 1.29 is 14.0 Å². The molecule has 2 unspecified atom stereocenters. The van der Waals surface area contributed by atoms with Crippen molar-refractivity contribution in [2.75, 3.05) is 23.7 Å². The summed E-state index contributed by atoms with van der Waals surface area (Å²) in [5, 5.41) is 5.58. The molecular formula is C26H25FN4O3. The molecule has 0 saturated carbocycles. The number of piperidine rings is 1. The second-order valence-corrected chi connectivity index (χ2v) is 8.94. The lowest BCUT2D eigenvalue weighted by Gasteiger charge is -2.42. The molecule has 3 heterocycles. The molecule has 3 aromatic rings. The van der Waals surface area contributed by atoms with Gasteiger partial charge >= 0.3 is 6.03 Å². The smallest absolute Gasteiger partial charge is 0.321 e. The largest absolute Gasteiger partial charge is 0.324 e. The number of pyridine rings is 1. The van der Waals surface area contributed by atoms with E-state index in [0.29, 0.717) is 25.3 Å². The third-order valence-electron chi connectivity index (χ3n) is 6.47.